The Bertz CT molecular complexity index is 800. The van der Waals surface area contributed by atoms with Gasteiger partial charge in [0.15, 0.2) is 5.60 Å². The summed E-state index contributed by atoms with van der Waals surface area (Å²) < 4.78 is 124. The number of fused-ring (bicyclic) bond motifs is 1. The molecule has 0 saturated carbocycles. The van der Waals surface area contributed by atoms with Crippen molar-refractivity contribution >= 4 is 22.8 Å². The lowest BCUT2D eigenvalue weighted by Gasteiger charge is -2.34. The normalized spacial score (nSPS) is 16.7. The second-order valence-electron chi connectivity index (χ2n) is 5.93. The summed E-state index contributed by atoms with van der Waals surface area (Å²) in [4.78, 5) is -0.209. The van der Waals surface area contributed by atoms with Crippen LogP contribution in [0.3, 0.4) is 0 Å². The molecule has 0 spiro atoms. The molecular formula is C16H12F9NOS. The van der Waals surface area contributed by atoms with E-state index in [9.17, 15) is 39.5 Å². The summed E-state index contributed by atoms with van der Waals surface area (Å²) in [6, 6.07) is 1.23. The molecule has 1 aliphatic rings. The molecule has 1 heterocycles. The van der Waals surface area contributed by atoms with Crippen molar-refractivity contribution in [2.45, 2.75) is 23.6 Å². The SMILES string of the molecule is CNC(=S)C1=CC(CF)(CF)Oc2ccc(C(F)(F)C(F)(F)C(F)(F)F)cc21. The Kier molecular flexibility index (Phi) is 5.68. The molecule has 28 heavy (non-hydrogen) atoms. The monoisotopic (exact) mass is 437 g/mol. The predicted octanol–water partition coefficient (Wildman–Crippen LogP) is 4.98. The summed E-state index contributed by atoms with van der Waals surface area (Å²) in [6.45, 7) is -2.74. The number of rotatable bonds is 5. The van der Waals surface area contributed by atoms with E-state index in [2.05, 4.69) is 5.32 Å². The van der Waals surface area contributed by atoms with Crippen LogP contribution in [0.4, 0.5) is 39.5 Å². The van der Waals surface area contributed by atoms with E-state index in [0.29, 0.717) is 12.1 Å². The molecular weight excluding hydrogens is 425 g/mol. The van der Waals surface area contributed by atoms with Gasteiger partial charge in [-0.3, -0.25) is 0 Å². The molecule has 12 heteroatoms. The zero-order chi connectivity index (χ0) is 21.5. The fourth-order valence-electron chi connectivity index (χ4n) is 2.46. The van der Waals surface area contributed by atoms with Crippen molar-refractivity contribution in [2.75, 3.05) is 20.4 Å². The smallest absolute Gasteiger partial charge is 0.460 e. The highest BCUT2D eigenvalue weighted by Crippen LogP contribution is 2.52. The Morgan fingerprint density at radius 1 is 1.07 bits per heavy atom. The van der Waals surface area contributed by atoms with Crippen LogP contribution in [-0.2, 0) is 5.92 Å². The van der Waals surface area contributed by atoms with Crippen molar-refractivity contribution in [1.29, 1.82) is 0 Å². The van der Waals surface area contributed by atoms with Crippen LogP contribution in [0.25, 0.3) is 5.57 Å². The van der Waals surface area contributed by atoms with Gasteiger partial charge in [0.2, 0.25) is 0 Å². The van der Waals surface area contributed by atoms with Gasteiger partial charge in [0.25, 0.3) is 0 Å². The summed E-state index contributed by atoms with van der Waals surface area (Å²) in [5, 5.41) is 2.42. The van der Waals surface area contributed by atoms with E-state index in [4.69, 9.17) is 17.0 Å². The average molecular weight is 437 g/mol. The zero-order valence-corrected chi connectivity index (χ0v) is 14.8. The van der Waals surface area contributed by atoms with Crippen molar-refractivity contribution in [2.24, 2.45) is 0 Å². The molecule has 1 aromatic rings. The molecule has 156 valence electrons. The van der Waals surface area contributed by atoms with Gasteiger partial charge in [-0.15, -0.1) is 0 Å². The minimum absolute atomic E-state index is 0.209. The van der Waals surface area contributed by atoms with Crippen LogP contribution in [0, 0.1) is 0 Å². The second-order valence-corrected chi connectivity index (χ2v) is 6.34. The minimum Gasteiger partial charge on any atom is -0.477 e. The highest BCUT2D eigenvalue weighted by molar-refractivity contribution is 7.81. The number of likely N-dealkylation sites (N-methyl/N-ethyl adjacent to an activating group) is 1. The lowest BCUT2D eigenvalue weighted by atomic mass is 9.90. The Hall–Kier alpha value is -1.98. The molecule has 2 rings (SSSR count). The van der Waals surface area contributed by atoms with Crippen LogP contribution >= 0.6 is 12.2 Å². The first-order valence-electron chi connectivity index (χ1n) is 7.49. The van der Waals surface area contributed by atoms with Crippen LogP contribution in [0.2, 0.25) is 0 Å². The number of halogens is 9. The van der Waals surface area contributed by atoms with Gasteiger partial charge in [-0.2, -0.15) is 30.7 Å². The van der Waals surface area contributed by atoms with E-state index < -0.39 is 53.8 Å². The van der Waals surface area contributed by atoms with Crippen LogP contribution < -0.4 is 10.1 Å². The van der Waals surface area contributed by atoms with Gasteiger partial charge in [-0.05, 0) is 24.3 Å². The number of benzene rings is 1. The summed E-state index contributed by atoms with van der Waals surface area (Å²) in [5.41, 5.74) is -4.47. The first kappa shape index (κ1) is 22.3. The van der Waals surface area contributed by atoms with Gasteiger partial charge in [0.1, 0.15) is 24.1 Å². The van der Waals surface area contributed by atoms with Gasteiger partial charge < -0.3 is 10.1 Å². The Balaban J connectivity index is 2.66. The third kappa shape index (κ3) is 3.42. The van der Waals surface area contributed by atoms with Gasteiger partial charge in [-0.1, -0.05) is 12.2 Å². The van der Waals surface area contributed by atoms with Crippen LogP contribution in [-0.4, -0.2) is 43.1 Å². The highest BCUT2D eigenvalue weighted by atomic mass is 32.1. The fourth-order valence-corrected chi connectivity index (χ4v) is 2.63. The number of thiocarbonyl (C=S) groups is 1. The van der Waals surface area contributed by atoms with Gasteiger partial charge >= 0.3 is 18.0 Å². The van der Waals surface area contributed by atoms with E-state index in [1.807, 2.05) is 0 Å². The molecule has 1 aromatic carbocycles. The third-order valence-electron chi connectivity index (χ3n) is 4.03. The Labute approximate surface area is 158 Å². The van der Waals surface area contributed by atoms with Crippen LogP contribution in [0.15, 0.2) is 24.3 Å². The molecule has 2 nitrogen and oxygen atoms in total. The molecule has 0 aromatic heterocycles. The second kappa shape index (κ2) is 7.12. The molecule has 1 aliphatic heterocycles. The van der Waals surface area contributed by atoms with Gasteiger partial charge in [0, 0.05) is 23.7 Å². The van der Waals surface area contributed by atoms with E-state index in [1.54, 1.807) is 0 Å². The molecule has 0 fully saturated rings. The number of hydrogen-bond donors (Lipinski definition) is 1. The maximum Gasteiger partial charge on any atom is 0.460 e. The predicted molar refractivity (Wildman–Crippen MR) is 86.3 cm³/mol. The van der Waals surface area contributed by atoms with Crippen molar-refractivity contribution < 1.29 is 44.3 Å². The number of nitrogens with one attached hydrogen (secondary N) is 1. The molecule has 0 atom stereocenters. The number of alkyl halides is 9. The molecule has 1 N–H and O–H groups in total. The van der Waals surface area contributed by atoms with Crippen LogP contribution in [0.1, 0.15) is 11.1 Å². The quantitative estimate of drug-likeness (QED) is 0.519. The van der Waals surface area contributed by atoms with Crippen LogP contribution in [0.5, 0.6) is 5.75 Å². The zero-order valence-electron chi connectivity index (χ0n) is 13.9. The number of hydrogen-bond acceptors (Lipinski definition) is 2. The Morgan fingerprint density at radius 2 is 1.64 bits per heavy atom. The van der Waals surface area contributed by atoms with E-state index in [0.717, 1.165) is 6.08 Å². The molecule has 0 radical (unpaired) electrons. The molecule has 0 bridgehead atoms. The van der Waals surface area contributed by atoms with Gasteiger partial charge in [-0.25, -0.2) is 8.78 Å². The lowest BCUT2D eigenvalue weighted by molar-refractivity contribution is -0.359. The lowest BCUT2D eigenvalue weighted by Crippen LogP contribution is -2.50. The van der Waals surface area contributed by atoms with Crippen molar-refractivity contribution in [3.63, 3.8) is 0 Å². The molecule has 0 unspecified atom stereocenters. The number of ether oxygens (including phenoxy) is 1. The standard InChI is InChI=1S/C16H12F9NOS/c1-26-12(28)10-5-13(6-17,7-18)27-11-3-2-8(4-9(10)11)14(19,20)15(21,22)16(23,24)25/h2-5H,6-7H2,1H3,(H,26,28). The first-order chi connectivity index (χ1) is 12.8. The summed E-state index contributed by atoms with van der Waals surface area (Å²) >= 11 is 4.92. The van der Waals surface area contributed by atoms with Crippen molar-refractivity contribution in [1.82, 2.24) is 5.32 Å². The van der Waals surface area contributed by atoms with Crippen molar-refractivity contribution in [3.05, 3.63) is 35.4 Å². The summed E-state index contributed by atoms with van der Waals surface area (Å²) in [5.74, 6) is -12.4. The minimum atomic E-state index is -6.51. The highest BCUT2D eigenvalue weighted by Gasteiger charge is 2.73. The van der Waals surface area contributed by atoms with E-state index >= 15 is 0 Å². The fraction of sp³-hybridized carbons (Fsp3) is 0.438. The largest absolute Gasteiger partial charge is 0.477 e. The average Bonchev–Trinajstić information content (AvgIpc) is 2.64. The Morgan fingerprint density at radius 3 is 2.11 bits per heavy atom. The van der Waals surface area contributed by atoms with Crippen molar-refractivity contribution in [3.8, 4) is 5.75 Å². The molecule has 0 amide bonds. The third-order valence-corrected chi connectivity index (χ3v) is 4.45. The van der Waals surface area contributed by atoms with E-state index in [-0.39, 0.29) is 16.6 Å². The summed E-state index contributed by atoms with van der Waals surface area (Å²) in [7, 11) is 1.29. The molecule has 0 aliphatic carbocycles. The topological polar surface area (TPSA) is 21.3 Å². The van der Waals surface area contributed by atoms with E-state index in [1.165, 1.54) is 7.05 Å². The maximum absolute atomic E-state index is 14.0. The molecule has 0 saturated heterocycles. The summed E-state index contributed by atoms with van der Waals surface area (Å²) in [6.07, 6.45) is -5.68. The maximum atomic E-state index is 14.0. The first-order valence-corrected chi connectivity index (χ1v) is 7.90. The van der Waals surface area contributed by atoms with Gasteiger partial charge in [0.05, 0.1) is 0 Å².